The van der Waals surface area contributed by atoms with Gasteiger partial charge in [-0.2, -0.15) is 0 Å². The highest BCUT2D eigenvalue weighted by Gasteiger charge is 2.22. The first-order valence-electron chi connectivity index (χ1n) is 18.4. The van der Waals surface area contributed by atoms with Crippen molar-refractivity contribution in [3.8, 4) is 22.3 Å². The predicted octanol–water partition coefficient (Wildman–Crippen LogP) is 12.8. The van der Waals surface area contributed by atoms with Gasteiger partial charge >= 0.3 is 0 Å². The van der Waals surface area contributed by atoms with Crippen LogP contribution in [0.25, 0.3) is 68.6 Å². The van der Waals surface area contributed by atoms with Crippen molar-refractivity contribution in [2.24, 2.45) is 0 Å². The van der Waals surface area contributed by atoms with Crippen molar-refractivity contribution in [1.82, 2.24) is 19.9 Å². The molecule has 2 N–H and O–H groups in total. The van der Waals surface area contributed by atoms with Crippen molar-refractivity contribution in [2.75, 3.05) is 0 Å². The second-order valence-corrected chi connectivity index (χ2v) is 16.5. The number of fused-ring (bicyclic) bond motifs is 8. The normalized spacial score (nSPS) is 16.6. The molecule has 0 amide bonds. The van der Waals surface area contributed by atoms with Gasteiger partial charge in [-0.1, -0.05) is 99.2 Å². The highest BCUT2D eigenvalue weighted by molar-refractivity contribution is 8.00. The number of aromatic amines is 2. The van der Waals surface area contributed by atoms with Gasteiger partial charge in [0.25, 0.3) is 0 Å². The Balaban J connectivity index is 1.37. The van der Waals surface area contributed by atoms with E-state index in [-0.39, 0.29) is 0 Å². The summed E-state index contributed by atoms with van der Waals surface area (Å²) in [6, 6.07) is 30.5. The minimum absolute atomic E-state index is 0.590. The van der Waals surface area contributed by atoms with Gasteiger partial charge in [0.2, 0.25) is 0 Å². The average Bonchev–Trinajstić information content (AvgIpc) is 4.01. The molecule has 5 heterocycles. The van der Waals surface area contributed by atoms with Crippen LogP contribution >= 0.6 is 23.5 Å². The topological polar surface area (TPSA) is 57.4 Å². The molecule has 6 heteroatoms. The minimum Gasteiger partial charge on any atom is -0.354 e. The van der Waals surface area contributed by atoms with Crippen LogP contribution in [-0.2, 0) is 0 Å². The molecule has 9 rings (SSSR count). The van der Waals surface area contributed by atoms with Crippen LogP contribution in [0.3, 0.4) is 0 Å². The zero-order valence-corrected chi connectivity index (χ0v) is 30.0. The number of hydrogen-bond acceptors (Lipinski definition) is 4. The van der Waals surface area contributed by atoms with Crippen LogP contribution < -0.4 is 0 Å². The predicted molar refractivity (Wildman–Crippen MR) is 215 cm³/mol. The number of rotatable bonds is 6. The largest absolute Gasteiger partial charge is 0.354 e. The lowest BCUT2D eigenvalue weighted by molar-refractivity contribution is 0.516. The maximum absolute atomic E-state index is 5.45. The van der Waals surface area contributed by atoms with E-state index in [1.54, 1.807) is 0 Å². The Hall–Kier alpha value is -4.26. The van der Waals surface area contributed by atoms with Crippen molar-refractivity contribution >= 4 is 69.9 Å². The number of H-pyrrole nitrogens is 2. The Morgan fingerprint density at radius 1 is 0.420 bits per heavy atom. The second-order valence-electron chi connectivity index (χ2n) is 13.9. The third-order valence-electron chi connectivity index (χ3n) is 10.5. The molecular formula is C44H42N4S2. The van der Waals surface area contributed by atoms with Gasteiger partial charge in [0, 0.05) is 32.7 Å². The highest BCUT2D eigenvalue weighted by Crippen LogP contribution is 2.42. The molecular weight excluding hydrogens is 649 g/mol. The standard InChI is InChI=1S/C44H42N4S2/c1-5-13-29(14-6-1)41-33-21-25-37(45-33)43(49-31-17-9-3-10-18-31)39-27-23-35(47-39)42(30-15-7-2-8-16-30)36-24-28-40(48-36)44(38-26-22-34(41)46-38)50-32-19-11-4-12-20-32/h1-2,5-8,13-16,21-28,31-32,45,48H,3-4,9-12,17-20H2. The summed E-state index contributed by atoms with van der Waals surface area (Å²) in [6.45, 7) is 0. The van der Waals surface area contributed by atoms with Crippen molar-refractivity contribution in [1.29, 1.82) is 0 Å². The maximum Gasteiger partial charge on any atom is 0.0794 e. The fraction of sp³-hybridized carbons (Fsp3) is 0.273. The van der Waals surface area contributed by atoms with Gasteiger partial charge in [0.1, 0.15) is 0 Å². The van der Waals surface area contributed by atoms with E-state index >= 15 is 0 Å². The summed E-state index contributed by atoms with van der Waals surface area (Å²) < 4.78 is 0. The van der Waals surface area contributed by atoms with E-state index in [0.717, 1.165) is 67.1 Å². The molecule has 0 spiro atoms. The zero-order chi connectivity index (χ0) is 33.3. The highest BCUT2D eigenvalue weighted by atomic mass is 32.2. The van der Waals surface area contributed by atoms with Gasteiger partial charge in [-0.3, -0.25) is 0 Å². The Bertz CT molecular complexity index is 2070. The van der Waals surface area contributed by atoms with Crippen molar-refractivity contribution in [3.63, 3.8) is 0 Å². The molecule has 50 heavy (non-hydrogen) atoms. The Kier molecular flexibility index (Phi) is 8.98. The Morgan fingerprint density at radius 3 is 1.22 bits per heavy atom. The van der Waals surface area contributed by atoms with Crippen LogP contribution in [0.2, 0.25) is 0 Å². The van der Waals surface area contributed by atoms with E-state index < -0.39 is 0 Å². The second kappa shape index (κ2) is 14.2. The summed E-state index contributed by atoms with van der Waals surface area (Å²) in [7, 11) is 0. The minimum atomic E-state index is 0.590. The van der Waals surface area contributed by atoms with E-state index in [9.17, 15) is 0 Å². The van der Waals surface area contributed by atoms with Crippen LogP contribution in [0.4, 0.5) is 0 Å². The number of aromatic nitrogens is 4. The molecule has 250 valence electrons. The summed E-state index contributed by atoms with van der Waals surface area (Å²) in [4.78, 5) is 21.1. The third-order valence-corrected chi connectivity index (χ3v) is 13.4. The maximum atomic E-state index is 5.45. The first kappa shape index (κ1) is 31.7. The average molecular weight is 691 g/mol. The lowest BCUT2D eigenvalue weighted by Crippen LogP contribution is -2.08. The molecule has 8 bridgehead atoms. The monoisotopic (exact) mass is 690 g/mol. The molecule has 3 aromatic heterocycles. The first-order valence-corrected chi connectivity index (χ1v) is 20.1. The molecule has 2 aliphatic carbocycles. The van der Waals surface area contributed by atoms with Gasteiger partial charge < -0.3 is 9.97 Å². The Labute approximate surface area is 303 Å². The van der Waals surface area contributed by atoms with Crippen molar-refractivity contribution in [2.45, 2.75) is 84.5 Å². The van der Waals surface area contributed by atoms with Gasteiger partial charge in [-0.15, -0.1) is 23.5 Å². The third kappa shape index (κ3) is 6.40. The van der Waals surface area contributed by atoms with Crippen LogP contribution in [0.15, 0.2) is 94.7 Å². The molecule has 2 aliphatic heterocycles. The number of hydrogen-bond donors (Lipinski definition) is 2. The molecule has 0 atom stereocenters. The van der Waals surface area contributed by atoms with Crippen LogP contribution in [-0.4, -0.2) is 30.4 Å². The molecule has 0 saturated heterocycles. The van der Waals surface area contributed by atoms with Crippen LogP contribution in [0, 0.1) is 0 Å². The van der Waals surface area contributed by atoms with Crippen molar-refractivity contribution in [3.05, 3.63) is 108 Å². The van der Waals surface area contributed by atoms with E-state index in [2.05, 4.69) is 119 Å². The van der Waals surface area contributed by atoms with Crippen LogP contribution in [0.1, 0.15) is 87.0 Å². The SMILES string of the molecule is C1=Cc2nc1c(SC1CCCCC1)c1ccc([nH]1)c(-c1ccccc1)c1nc(c(SC3CCCCC3)c3ccc([nH]3)c2-c2ccccc2)C=C1. The van der Waals surface area contributed by atoms with Gasteiger partial charge in [0.05, 0.1) is 43.6 Å². The molecule has 4 aliphatic rings. The molecule has 0 unspecified atom stereocenters. The molecule has 2 aromatic carbocycles. The number of nitrogens with zero attached hydrogens (tertiary/aromatic N) is 2. The molecule has 4 nitrogen and oxygen atoms in total. The summed E-state index contributed by atoms with van der Waals surface area (Å²) in [6.07, 6.45) is 21.8. The fourth-order valence-corrected chi connectivity index (χ4v) is 10.7. The number of nitrogens with one attached hydrogen (secondary N) is 2. The van der Waals surface area contributed by atoms with Gasteiger partial charge in [-0.05, 0) is 85.4 Å². The lowest BCUT2D eigenvalue weighted by Gasteiger charge is -2.21. The summed E-state index contributed by atoms with van der Waals surface area (Å²) in [5.74, 6) is 0. The summed E-state index contributed by atoms with van der Waals surface area (Å²) in [5.41, 5.74) is 13.0. The molecule has 0 radical (unpaired) electrons. The molecule has 5 aromatic rings. The van der Waals surface area contributed by atoms with Gasteiger partial charge in [0.15, 0.2) is 0 Å². The number of benzene rings is 2. The number of thioether (sulfide) groups is 2. The zero-order valence-electron chi connectivity index (χ0n) is 28.3. The van der Waals surface area contributed by atoms with E-state index in [1.165, 1.54) is 74.0 Å². The molecule has 2 fully saturated rings. The van der Waals surface area contributed by atoms with E-state index in [1.807, 2.05) is 23.5 Å². The summed E-state index contributed by atoms with van der Waals surface area (Å²) in [5, 5.41) is 1.18. The first-order chi connectivity index (χ1) is 24.8. The summed E-state index contributed by atoms with van der Waals surface area (Å²) >= 11 is 4.02. The van der Waals surface area contributed by atoms with Gasteiger partial charge in [-0.25, -0.2) is 9.97 Å². The smallest absolute Gasteiger partial charge is 0.0794 e. The lowest BCUT2D eigenvalue weighted by atomic mass is 10.0. The molecule has 2 saturated carbocycles. The van der Waals surface area contributed by atoms with Crippen LogP contribution in [0.5, 0.6) is 0 Å². The van der Waals surface area contributed by atoms with E-state index in [4.69, 9.17) is 9.97 Å². The quantitative estimate of drug-likeness (QED) is 0.182. The Morgan fingerprint density at radius 2 is 0.800 bits per heavy atom. The van der Waals surface area contributed by atoms with E-state index in [0.29, 0.717) is 10.5 Å². The fourth-order valence-electron chi connectivity index (χ4n) is 7.92. The van der Waals surface area contributed by atoms with Crippen molar-refractivity contribution < 1.29 is 0 Å².